The molecule has 4 rings (SSSR count). The lowest BCUT2D eigenvalue weighted by molar-refractivity contribution is -0.140. The second-order valence-corrected chi connectivity index (χ2v) is 8.83. The zero-order valence-corrected chi connectivity index (χ0v) is 20.9. The van der Waals surface area contributed by atoms with E-state index in [9.17, 15) is 14.7 Å². The molecule has 6 heteroatoms. The molecule has 0 unspecified atom stereocenters. The summed E-state index contributed by atoms with van der Waals surface area (Å²) in [6, 6.07) is 22.2. The molecule has 0 spiro atoms. The van der Waals surface area contributed by atoms with Gasteiger partial charge in [0.1, 0.15) is 18.1 Å². The van der Waals surface area contributed by atoms with E-state index in [2.05, 4.69) is 6.92 Å². The molecule has 36 heavy (non-hydrogen) atoms. The van der Waals surface area contributed by atoms with E-state index in [4.69, 9.17) is 9.47 Å². The molecule has 186 valence electrons. The number of aryl methyl sites for hydroxylation is 2. The maximum atomic E-state index is 13.1. The summed E-state index contributed by atoms with van der Waals surface area (Å²) in [5.41, 5.74) is 4.32. The van der Waals surface area contributed by atoms with Gasteiger partial charge in [0.15, 0.2) is 0 Å². The molecule has 0 aromatic heterocycles. The van der Waals surface area contributed by atoms with E-state index in [1.54, 1.807) is 25.3 Å². The Morgan fingerprint density at radius 2 is 1.69 bits per heavy atom. The van der Waals surface area contributed by atoms with Crippen LogP contribution in [0, 0.1) is 6.92 Å². The zero-order valence-electron chi connectivity index (χ0n) is 20.9. The van der Waals surface area contributed by atoms with Gasteiger partial charge < -0.3 is 19.5 Å². The molecule has 1 aliphatic heterocycles. The van der Waals surface area contributed by atoms with Crippen molar-refractivity contribution < 1.29 is 24.2 Å². The van der Waals surface area contributed by atoms with E-state index in [-0.39, 0.29) is 24.5 Å². The van der Waals surface area contributed by atoms with E-state index in [1.807, 2.05) is 61.5 Å². The van der Waals surface area contributed by atoms with E-state index in [0.717, 1.165) is 28.7 Å². The molecule has 3 aromatic rings. The zero-order chi connectivity index (χ0) is 25.7. The van der Waals surface area contributed by atoms with Crippen LogP contribution in [0.1, 0.15) is 40.8 Å². The van der Waals surface area contributed by atoms with Crippen molar-refractivity contribution in [1.29, 1.82) is 0 Å². The number of aliphatic hydroxyl groups is 1. The third-order valence-electron chi connectivity index (χ3n) is 6.47. The summed E-state index contributed by atoms with van der Waals surface area (Å²) in [6.45, 7) is 4.89. The summed E-state index contributed by atoms with van der Waals surface area (Å²) in [4.78, 5) is 27.6. The Kier molecular flexibility index (Phi) is 7.86. The van der Waals surface area contributed by atoms with Crippen LogP contribution in [0.15, 0.2) is 78.4 Å². The molecule has 1 heterocycles. The van der Waals surface area contributed by atoms with Crippen LogP contribution in [0.2, 0.25) is 0 Å². The van der Waals surface area contributed by atoms with Gasteiger partial charge in [-0.15, -0.1) is 0 Å². The van der Waals surface area contributed by atoms with Crippen molar-refractivity contribution in [2.45, 2.75) is 32.9 Å². The van der Waals surface area contributed by atoms with Gasteiger partial charge in [0.2, 0.25) is 0 Å². The number of nitrogens with zero attached hydrogens (tertiary/aromatic N) is 1. The Morgan fingerprint density at radius 3 is 2.33 bits per heavy atom. The number of hydrogen-bond acceptors (Lipinski definition) is 5. The summed E-state index contributed by atoms with van der Waals surface area (Å²) < 4.78 is 11.1. The first-order chi connectivity index (χ1) is 17.4. The fourth-order valence-corrected chi connectivity index (χ4v) is 4.43. The number of carbonyl (C=O) groups excluding carboxylic acids is 2. The van der Waals surface area contributed by atoms with Crippen LogP contribution in [0.25, 0.3) is 5.76 Å². The Balaban J connectivity index is 1.69. The lowest BCUT2D eigenvalue weighted by Crippen LogP contribution is -2.32. The number of likely N-dealkylation sites (tertiary alicyclic amines) is 1. The Hall–Kier alpha value is -3.90. The van der Waals surface area contributed by atoms with Crippen LogP contribution in [0.5, 0.6) is 5.75 Å². The Labute approximate surface area is 211 Å². The van der Waals surface area contributed by atoms with Gasteiger partial charge in [0.05, 0.1) is 18.2 Å². The standard InChI is InChI=1S/C30H31NO5/c1-4-21-10-12-23(13-11-21)27-26(29(33)30(34)31(27)16-17-35-3)28(32)24-14-15-25(20(2)18-24)36-19-22-8-6-5-7-9-22/h5-15,18,27,32H,4,16-17,19H2,1-3H3/t27-/m0/s1. The number of carbonyl (C=O) groups is 2. The minimum atomic E-state index is -0.699. The minimum Gasteiger partial charge on any atom is -0.507 e. The summed E-state index contributed by atoms with van der Waals surface area (Å²) in [7, 11) is 1.55. The number of aliphatic hydroxyl groups excluding tert-OH is 1. The smallest absolute Gasteiger partial charge is 0.295 e. The van der Waals surface area contributed by atoms with Crippen LogP contribution < -0.4 is 4.74 Å². The number of methoxy groups -OCH3 is 1. The molecule has 0 bridgehead atoms. The lowest BCUT2D eigenvalue weighted by Gasteiger charge is -2.25. The molecule has 1 amide bonds. The number of ether oxygens (including phenoxy) is 2. The highest BCUT2D eigenvalue weighted by Crippen LogP contribution is 2.39. The highest BCUT2D eigenvalue weighted by atomic mass is 16.5. The Morgan fingerprint density at radius 1 is 0.972 bits per heavy atom. The normalized spacial score (nSPS) is 17.0. The number of amides is 1. The number of rotatable bonds is 9. The van der Waals surface area contributed by atoms with Crippen molar-refractivity contribution in [3.8, 4) is 5.75 Å². The highest BCUT2D eigenvalue weighted by Gasteiger charge is 2.45. The van der Waals surface area contributed by atoms with Crippen LogP contribution >= 0.6 is 0 Å². The third kappa shape index (κ3) is 5.19. The maximum Gasteiger partial charge on any atom is 0.295 e. The molecule has 3 aromatic carbocycles. The predicted octanol–water partition coefficient (Wildman–Crippen LogP) is 5.20. The molecule has 6 nitrogen and oxygen atoms in total. The van der Waals surface area contributed by atoms with Crippen LogP contribution in [0.4, 0.5) is 0 Å². The third-order valence-corrected chi connectivity index (χ3v) is 6.47. The largest absolute Gasteiger partial charge is 0.507 e. The first-order valence-electron chi connectivity index (χ1n) is 12.1. The van der Waals surface area contributed by atoms with Gasteiger partial charge >= 0.3 is 0 Å². The van der Waals surface area contributed by atoms with Crippen molar-refractivity contribution >= 4 is 17.4 Å². The Bertz CT molecular complexity index is 1260. The quantitative estimate of drug-likeness (QED) is 0.256. The van der Waals surface area contributed by atoms with E-state index >= 15 is 0 Å². The fourth-order valence-electron chi connectivity index (χ4n) is 4.43. The van der Waals surface area contributed by atoms with E-state index < -0.39 is 17.7 Å². The molecule has 1 saturated heterocycles. The van der Waals surface area contributed by atoms with E-state index in [0.29, 0.717) is 17.9 Å². The maximum absolute atomic E-state index is 13.1. The lowest BCUT2D eigenvalue weighted by atomic mass is 9.94. The van der Waals surface area contributed by atoms with Gasteiger partial charge in [-0.1, -0.05) is 61.5 Å². The number of Topliss-reactive ketones (excluding diaryl/α,β-unsaturated/α-hetero) is 1. The fraction of sp³-hybridized carbons (Fsp3) is 0.267. The van der Waals surface area contributed by atoms with Crippen molar-refractivity contribution in [3.63, 3.8) is 0 Å². The average Bonchev–Trinajstić information content (AvgIpc) is 3.16. The summed E-state index contributed by atoms with van der Waals surface area (Å²) in [6.07, 6.45) is 0.877. The molecule has 1 N–H and O–H groups in total. The van der Waals surface area contributed by atoms with Crippen LogP contribution in [-0.2, 0) is 27.4 Å². The van der Waals surface area contributed by atoms with Crippen LogP contribution in [-0.4, -0.2) is 42.0 Å². The van der Waals surface area contributed by atoms with Crippen molar-refractivity contribution in [2.24, 2.45) is 0 Å². The molecule has 1 aliphatic rings. The number of benzene rings is 3. The molecule has 1 atom stereocenters. The van der Waals surface area contributed by atoms with Crippen LogP contribution in [0.3, 0.4) is 0 Å². The number of hydrogen-bond donors (Lipinski definition) is 1. The molecular formula is C30H31NO5. The first-order valence-corrected chi connectivity index (χ1v) is 12.1. The average molecular weight is 486 g/mol. The van der Waals surface area contributed by atoms with Crippen molar-refractivity contribution in [1.82, 2.24) is 4.90 Å². The van der Waals surface area contributed by atoms with Gasteiger partial charge in [0.25, 0.3) is 11.7 Å². The topological polar surface area (TPSA) is 76.1 Å². The summed E-state index contributed by atoms with van der Waals surface area (Å²) in [5, 5.41) is 11.3. The van der Waals surface area contributed by atoms with E-state index in [1.165, 1.54) is 4.90 Å². The monoisotopic (exact) mass is 485 g/mol. The van der Waals surface area contributed by atoms with Crippen molar-refractivity contribution in [3.05, 3.63) is 106 Å². The first kappa shape index (κ1) is 25.2. The molecule has 0 radical (unpaired) electrons. The second-order valence-electron chi connectivity index (χ2n) is 8.83. The molecule has 0 saturated carbocycles. The molecule has 0 aliphatic carbocycles. The highest BCUT2D eigenvalue weighted by molar-refractivity contribution is 6.46. The SMILES string of the molecule is CCc1ccc([C@H]2C(=C(O)c3ccc(OCc4ccccc4)c(C)c3)C(=O)C(=O)N2CCOC)cc1. The minimum absolute atomic E-state index is 0.0812. The molecular weight excluding hydrogens is 454 g/mol. The van der Waals surface area contributed by atoms with Gasteiger partial charge in [-0.25, -0.2) is 0 Å². The predicted molar refractivity (Wildman–Crippen MR) is 139 cm³/mol. The number of ketones is 1. The molecule has 1 fully saturated rings. The van der Waals surface area contributed by atoms with Gasteiger partial charge in [-0.05, 0) is 53.8 Å². The van der Waals surface area contributed by atoms with Gasteiger partial charge in [-0.2, -0.15) is 0 Å². The van der Waals surface area contributed by atoms with Gasteiger partial charge in [0, 0.05) is 19.2 Å². The van der Waals surface area contributed by atoms with Crippen molar-refractivity contribution in [2.75, 3.05) is 20.3 Å². The van der Waals surface area contributed by atoms with Gasteiger partial charge in [-0.3, -0.25) is 9.59 Å². The summed E-state index contributed by atoms with van der Waals surface area (Å²) >= 11 is 0. The summed E-state index contributed by atoms with van der Waals surface area (Å²) in [5.74, 6) is -0.855. The second kappa shape index (κ2) is 11.2.